The van der Waals surface area contributed by atoms with Gasteiger partial charge in [0.2, 0.25) is 0 Å². The molecule has 2 amide bonds. The maximum absolute atomic E-state index is 11.6. The van der Waals surface area contributed by atoms with E-state index in [1.807, 2.05) is 0 Å². The summed E-state index contributed by atoms with van der Waals surface area (Å²) in [5.74, 6) is 3.32. The lowest BCUT2D eigenvalue weighted by Gasteiger charge is -2.56. The van der Waals surface area contributed by atoms with E-state index >= 15 is 0 Å². The van der Waals surface area contributed by atoms with Crippen LogP contribution in [0.2, 0.25) is 0 Å². The fourth-order valence-electron chi connectivity index (χ4n) is 5.00. The average molecular weight is 271 g/mol. The van der Waals surface area contributed by atoms with Crippen LogP contribution in [0.25, 0.3) is 0 Å². The van der Waals surface area contributed by atoms with Gasteiger partial charge in [-0.05, 0) is 61.7 Å². The first-order valence-electron chi connectivity index (χ1n) is 7.27. The monoisotopic (exact) mass is 270 g/mol. The van der Waals surface area contributed by atoms with E-state index in [4.69, 9.17) is 11.6 Å². The van der Waals surface area contributed by atoms with Crippen molar-refractivity contribution in [3.8, 4) is 0 Å². The quantitative estimate of drug-likeness (QED) is 0.758. The SMILES string of the molecule is O=C(NCCCl)NCC12CC3CC(CC(C3)C1)C2. The first kappa shape index (κ1) is 12.6. The van der Waals surface area contributed by atoms with Gasteiger partial charge in [-0.15, -0.1) is 11.6 Å². The van der Waals surface area contributed by atoms with E-state index in [-0.39, 0.29) is 6.03 Å². The van der Waals surface area contributed by atoms with Gasteiger partial charge in [-0.25, -0.2) is 4.79 Å². The van der Waals surface area contributed by atoms with Crippen molar-refractivity contribution in [3.05, 3.63) is 0 Å². The molecule has 102 valence electrons. The Kier molecular flexibility index (Phi) is 3.44. The summed E-state index contributed by atoms with van der Waals surface area (Å²) in [6, 6.07) is -0.0496. The molecule has 4 rings (SSSR count). The fourth-order valence-corrected chi connectivity index (χ4v) is 5.09. The van der Waals surface area contributed by atoms with Crippen LogP contribution in [-0.2, 0) is 0 Å². The molecule has 2 N–H and O–H groups in total. The second-order valence-corrected chi connectivity index (χ2v) is 7.09. The summed E-state index contributed by atoms with van der Waals surface area (Å²) < 4.78 is 0. The smallest absolute Gasteiger partial charge is 0.314 e. The molecule has 0 aromatic heterocycles. The molecule has 0 aliphatic heterocycles. The number of halogens is 1. The number of rotatable bonds is 4. The Labute approximate surface area is 114 Å². The van der Waals surface area contributed by atoms with E-state index in [0.717, 1.165) is 24.3 Å². The van der Waals surface area contributed by atoms with Gasteiger partial charge in [0.1, 0.15) is 0 Å². The molecular formula is C14H23ClN2O. The number of hydrogen-bond donors (Lipinski definition) is 2. The molecule has 0 atom stereocenters. The van der Waals surface area contributed by atoms with E-state index in [1.165, 1.54) is 38.5 Å². The van der Waals surface area contributed by atoms with E-state index < -0.39 is 0 Å². The molecule has 4 bridgehead atoms. The number of carbonyl (C=O) groups is 1. The Balaban J connectivity index is 1.54. The van der Waals surface area contributed by atoms with Crippen molar-refractivity contribution in [2.24, 2.45) is 23.2 Å². The lowest BCUT2D eigenvalue weighted by atomic mass is 9.49. The molecule has 0 radical (unpaired) electrons. The van der Waals surface area contributed by atoms with Crippen LogP contribution in [0.4, 0.5) is 4.79 Å². The number of carbonyl (C=O) groups excluding carboxylic acids is 1. The van der Waals surface area contributed by atoms with Gasteiger partial charge in [-0.2, -0.15) is 0 Å². The van der Waals surface area contributed by atoms with Gasteiger partial charge in [-0.1, -0.05) is 0 Å². The molecule has 0 spiro atoms. The van der Waals surface area contributed by atoms with Crippen molar-refractivity contribution in [2.75, 3.05) is 19.0 Å². The number of urea groups is 1. The molecule has 0 unspecified atom stereocenters. The van der Waals surface area contributed by atoms with Crippen LogP contribution in [0.5, 0.6) is 0 Å². The molecule has 4 aliphatic rings. The molecule has 0 saturated heterocycles. The highest BCUT2D eigenvalue weighted by Gasteiger charge is 2.50. The predicted octanol–water partition coefficient (Wildman–Crippen LogP) is 2.74. The standard InChI is InChI=1S/C14H23ClN2O/c15-1-2-16-13(18)17-9-14-6-10-3-11(7-14)5-12(4-10)8-14/h10-12H,1-9H2,(H2,16,17,18). The van der Waals surface area contributed by atoms with Gasteiger partial charge < -0.3 is 10.6 Å². The summed E-state index contributed by atoms with van der Waals surface area (Å²) in [6.45, 7) is 1.42. The minimum atomic E-state index is -0.0496. The lowest BCUT2D eigenvalue weighted by molar-refractivity contribution is -0.0498. The predicted molar refractivity (Wildman–Crippen MR) is 72.7 cm³/mol. The summed E-state index contributed by atoms with van der Waals surface area (Å²) in [6.07, 6.45) is 8.39. The highest BCUT2D eigenvalue weighted by Crippen LogP contribution is 2.59. The maximum atomic E-state index is 11.6. The first-order chi connectivity index (χ1) is 8.69. The molecule has 3 nitrogen and oxygen atoms in total. The minimum absolute atomic E-state index is 0.0496. The Morgan fingerprint density at radius 3 is 2.11 bits per heavy atom. The fraction of sp³-hybridized carbons (Fsp3) is 0.929. The van der Waals surface area contributed by atoms with Crippen LogP contribution in [-0.4, -0.2) is 25.0 Å². The maximum Gasteiger partial charge on any atom is 0.314 e. The van der Waals surface area contributed by atoms with Gasteiger partial charge in [0.25, 0.3) is 0 Å². The molecule has 4 heteroatoms. The van der Waals surface area contributed by atoms with Gasteiger partial charge in [0, 0.05) is 19.0 Å². The Bertz CT molecular complexity index is 296. The highest BCUT2D eigenvalue weighted by molar-refractivity contribution is 6.18. The third-order valence-corrected chi connectivity index (χ3v) is 5.36. The summed E-state index contributed by atoms with van der Waals surface area (Å²) in [4.78, 5) is 11.6. The molecular weight excluding hydrogens is 248 g/mol. The van der Waals surface area contributed by atoms with Gasteiger partial charge in [0.05, 0.1) is 0 Å². The average Bonchev–Trinajstić information content (AvgIpc) is 2.32. The van der Waals surface area contributed by atoms with Crippen molar-refractivity contribution in [3.63, 3.8) is 0 Å². The number of nitrogens with one attached hydrogen (secondary N) is 2. The van der Waals surface area contributed by atoms with E-state index in [2.05, 4.69) is 10.6 Å². The number of hydrogen-bond acceptors (Lipinski definition) is 1. The first-order valence-corrected chi connectivity index (χ1v) is 7.80. The van der Waals surface area contributed by atoms with Crippen LogP contribution in [0.15, 0.2) is 0 Å². The Morgan fingerprint density at radius 1 is 1.06 bits per heavy atom. The largest absolute Gasteiger partial charge is 0.338 e. The highest BCUT2D eigenvalue weighted by atomic mass is 35.5. The molecule has 4 fully saturated rings. The van der Waals surface area contributed by atoms with Gasteiger partial charge in [-0.3, -0.25) is 0 Å². The summed E-state index contributed by atoms with van der Waals surface area (Å²) in [5, 5.41) is 5.85. The van der Waals surface area contributed by atoms with Crippen LogP contribution in [0, 0.1) is 23.2 Å². The molecule has 0 aromatic rings. The van der Waals surface area contributed by atoms with Crippen LogP contribution >= 0.6 is 11.6 Å². The van der Waals surface area contributed by atoms with Gasteiger partial charge in [0.15, 0.2) is 0 Å². The van der Waals surface area contributed by atoms with Gasteiger partial charge >= 0.3 is 6.03 Å². The molecule has 4 saturated carbocycles. The minimum Gasteiger partial charge on any atom is -0.338 e. The van der Waals surface area contributed by atoms with Crippen LogP contribution < -0.4 is 10.6 Å². The second-order valence-electron chi connectivity index (χ2n) is 6.72. The number of alkyl halides is 1. The van der Waals surface area contributed by atoms with E-state index in [9.17, 15) is 4.79 Å². The van der Waals surface area contributed by atoms with Crippen molar-refractivity contribution < 1.29 is 4.79 Å². The third kappa shape index (κ3) is 2.47. The molecule has 4 aliphatic carbocycles. The summed E-state index contributed by atoms with van der Waals surface area (Å²) in [5.41, 5.74) is 0.424. The Morgan fingerprint density at radius 2 is 1.61 bits per heavy atom. The molecule has 0 heterocycles. The third-order valence-electron chi connectivity index (χ3n) is 5.17. The summed E-state index contributed by atoms with van der Waals surface area (Å²) in [7, 11) is 0. The Hall–Kier alpha value is -0.440. The van der Waals surface area contributed by atoms with Crippen LogP contribution in [0.3, 0.4) is 0 Å². The van der Waals surface area contributed by atoms with Crippen molar-refractivity contribution in [1.29, 1.82) is 0 Å². The van der Waals surface area contributed by atoms with E-state index in [1.54, 1.807) is 0 Å². The molecule has 0 aromatic carbocycles. The lowest BCUT2D eigenvalue weighted by Crippen LogP contribution is -2.52. The zero-order valence-electron chi connectivity index (χ0n) is 10.9. The zero-order valence-corrected chi connectivity index (χ0v) is 11.6. The van der Waals surface area contributed by atoms with Crippen molar-refractivity contribution in [2.45, 2.75) is 38.5 Å². The van der Waals surface area contributed by atoms with Crippen molar-refractivity contribution >= 4 is 17.6 Å². The topological polar surface area (TPSA) is 41.1 Å². The normalized spacial score (nSPS) is 40.8. The van der Waals surface area contributed by atoms with E-state index in [0.29, 0.717) is 17.8 Å². The second kappa shape index (κ2) is 4.92. The molecule has 18 heavy (non-hydrogen) atoms. The van der Waals surface area contributed by atoms with Crippen molar-refractivity contribution in [1.82, 2.24) is 10.6 Å². The zero-order chi connectivity index (χ0) is 12.6. The van der Waals surface area contributed by atoms with Crippen LogP contribution in [0.1, 0.15) is 38.5 Å². The summed E-state index contributed by atoms with van der Waals surface area (Å²) >= 11 is 5.56. The number of amides is 2.